The number of alkyl carbamates (subject to hydrolysis) is 1. The molecule has 0 aliphatic carbocycles. The third-order valence-corrected chi connectivity index (χ3v) is 6.89. The van der Waals surface area contributed by atoms with E-state index in [1.54, 1.807) is 33.3 Å². The Balaban J connectivity index is 2.45. The lowest BCUT2D eigenvalue weighted by molar-refractivity contribution is -0.140. The van der Waals surface area contributed by atoms with Gasteiger partial charge in [-0.15, -0.1) is 0 Å². The number of hydrogen-bond donors (Lipinski definition) is 2. The van der Waals surface area contributed by atoms with Crippen molar-refractivity contribution >= 4 is 45.4 Å². The zero-order chi connectivity index (χ0) is 21.0. The fourth-order valence-electron chi connectivity index (χ4n) is 2.31. The summed E-state index contributed by atoms with van der Waals surface area (Å²) in [4.78, 5) is 23.6. The molecule has 0 aliphatic heterocycles. The first-order valence-electron chi connectivity index (χ1n) is 9.21. The lowest BCUT2D eigenvalue weighted by Gasteiger charge is -2.23. The molecule has 1 rings (SSSR count). The molecule has 0 radical (unpaired) electrons. The van der Waals surface area contributed by atoms with Crippen LogP contribution in [0.5, 0.6) is 0 Å². The molecule has 2 atom stereocenters. The molecule has 0 unspecified atom stereocenters. The molecular weight excluding hydrogens is 414 g/mol. The number of aliphatic carboxylic acids is 1. The van der Waals surface area contributed by atoms with Crippen molar-refractivity contribution in [2.45, 2.75) is 45.3 Å². The number of rotatable bonds is 12. The van der Waals surface area contributed by atoms with Gasteiger partial charge in [0.1, 0.15) is 5.60 Å². The van der Waals surface area contributed by atoms with Gasteiger partial charge in [-0.3, -0.25) is 4.79 Å². The van der Waals surface area contributed by atoms with Crippen LogP contribution in [0.25, 0.3) is 0 Å². The molecule has 0 spiro atoms. The highest BCUT2D eigenvalue weighted by Gasteiger charge is 2.21. The summed E-state index contributed by atoms with van der Waals surface area (Å²) in [6.07, 6.45) is 3.00. The number of benzene rings is 1. The minimum absolute atomic E-state index is 0.00259. The Kier molecular flexibility index (Phi) is 11.9. The topological polar surface area (TPSA) is 75.6 Å². The van der Waals surface area contributed by atoms with E-state index in [0.717, 1.165) is 17.7 Å². The van der Waals surface area contributed by atoms with Crippen molar-refractivity contribution in [3.8, 4) is 0 Å². The van der Waals surface area contributed by atoms with Gasteiger partial charge in [-0.2, -0.15) is 11.8 Å². The summed E-state index contributed by atoms with van der Waals surface area (Å²) >= 11 is 1.73. The fraction of sp³-hybridized carbons (Fsp3) is 0.600. The largest absolute Gasteiger partial charge is 0.481 e. The van der Waals surface area contributed by atoms with Crippen molar-refractivity contribution in [3.05, 3.63) is 35.9 Å². The zero-order valence-corrected chi connectivity index (χ0v) is 19.4. The molecule has 1 amide bonds. The van der Waals surface area contributed by atoms with Crippen LogP contribution in [-0.2, 0) is 16.0 Å². The van der Waals surface area contributed by atoms with E-state index in [1.807, 2.05) is 57.4 Å². The smallest absolute Gasteiger partial charge is 0.407 e. The van der Waals surface area contributed by atoms with E-state index in [4.69, 9.17) is 4.74 Å². The molecule has 0 bridgehead atoms. The maximum atomic E-state index is 12.0. The summed E-state index contributed by atoms with van der Waals surface area (Å²) in [5.74, 6) is 0.974. The highest BCUT2D eigenvalue weighted by atomic mass is 33.1. The van der Waals surface area contributed by atoms with Crippen molar-refractivity contribution < 1.29 is 19.4 Å². The minimum Gasteiger partial charge on any atom is -0.481 e. The van der Waals surface area contributed by atoms with Crippen LogP contribution in [-0.4, -0.2) is 52.3 Å². The van der Waals surface area contributed by atoms with E-state index in [9.17, 15) is 14.7 Å². The van der Waals surface area contributed by atoms with Gasteiger partial charge >= 0.3 is 12.1 Å². The first-order chi connectivity index (χ1) is 13.2. The fourth-order valence-corrected chi connectivity index (χ4v) is 5.42. The summed E-state index contributed by atoms with van der Waals surface area (Å²) in [6.45, 7) is 5.52. The molecule has 0 aliphatic rings. The zero-order valence-electron chi connectivity index (χ0n) is 17.0. The lowest BCUT2D eigenvalue weighted by Crippen LogP contribution is -2.40. The summed E-state index contributed by atoms with van der Waals surface area (Å²) in [7, 11) is 3.15. The second-order valence-corrected chi connectivity index (χ2v) is 11.0. The molecule has 0 saturated heterocycles. The quantitative estimate of drug-likeness (QED) is 0.348. The van der Waals surface area contributed by atoms with Crippen LogP contribution < -0.4 is 5.32 Å². The monoisotopic (exact) mass is 445 g/mol. The van der Waals surface area contributed by atoms with Gasteiger partial charge in [-0.1, -0.05) is 51.9 Å². The van der Waals surface area contributed by atoms with Crippen molar-refractivity contribution in [2.75, 3.05) is 23.5 Å². The average Bonchev–Trinajstić information content (AvgIpc) is 2.61. The Labute approximate surface area is 180 Å². The number of ether oxygens (including phenoxy) is 1. The number of carbonyl (C=O) groups excluding carboxylic acids is 1. The number of hydrogen-bond acceptors (Lipinski definition) is 6. The first kappa shape index (κ1) is 25.0. The predicted molar refractivity (Wildman–Crippen MR) is 122 cm³/mol. The lowest BCUT2D eigenvalue weighted by atomic mass is 10.0. The van der Waals surface area contributed by atoms with Gasteiger partial charge in [0.15, 0.2) is 0 Å². The molecule has 158 valence electrons. The Morgan fingerprint density at radius 1 is 1.14 bits per heavy atom. The molecule has 28 heavy (non-hydrogen) atoms. The average molecular weight is 446 g/mol. The van der Waals surface area contributed by atoms with E-state index in [-0.39, 0.29) is 6.04 Å². The molecule has 8 heteroatoms. The molecule has 0 aromatic heterocycles. The molecule has 0 fully saturated rings. The standard InChI is InChI=1S/C20H31NO4S3/c1-20(2,3)25-19(24)21-17(10-11-26-4)14-28-27-13-16(18(22)23)12-15-8-6-5-7-9-15/h5-9,16-17H,10-14H2,1-4H3,(H,21,24)(H,22,23)/t16-,17+/m1/s1. The third-order valence-electron chi connectivity index (χ3n) is 3.69. The van der Waals surface area contributed by atoms with Gasteiger partial charge in [-0.25, -0.2) is 4.79 Å². The number of nitrogens with one attached hydrogen (secondary N) is 1. The van der Waals surface area contributed by atoms with Crippen molar-refractivity contribution in [3.63, 3.8) is 0 Å². The number of carboxylic acids is 1. The van der Waals surface area contributed by atoms with E-state index in [1.165, 1.54) is 0 Å². The van der Waals surface area contributed by atoms with Crippen LogP contribution in [0.1, 0.15) is 32.8 Å². The Morgan fingerprint density at radius 3 is 2.36 bits per heavy atom. The molecular formula is C20H31NO4S3. The highest BCUT2D eigenvalue weighted by Crippen LogP contribution is 2.27. The summed E-state index contributed by atoms with van der Waals surface area (Å²) in [5, 5.41) is 12.4. The minimum atomic E-state index is -0.775. The Morgan fingerprint density at radius 2 is 1.79 bits per heavy atom. The summed E-state index contributed by atoms with van der Waals surface area (Å²) in [5.41, 5.74) is 0.507. The summed E-state index contributed by atoms with van der Waals surface area (Å²) in [6, 6.07) is 9.69. The van der Waals surface area contributed by atoms with Gasteiger partial charge < -0.3 is 15.2 Å². The molecule has 0 saturated carbocycles. The maximum absolute atomic E-state index is 12.0. The molecule has 1 aromatic carbocycles. The van der Waals surface area contributed by atoms with Crippen LogP contribution in [0.3, 0.4) is 0 Å². The van der Waals surface area contributed by atoms with Gasteiger partial charge in [0.2, 0.25) is 0 Å². The molecule has 2 N–H and O–H groups in total. The summed E-state index contributed by atoms with van der Waals surface area (Å²) < 4.78 is 5.34. The van der Waals surface area contributed by atoms with Crippen LogP contribution in [0.4, 0.5) is 4.79 Å². The second kappa shape index (κ2) is 13.3. The van der Waals surface area contributed by atoms with Crippen LogP contribution in [0.15, 0.2) is 30.3 Å². The second-order valence-electron chi connectivity index (χ2n) is 7.42. The third kappa shape index (κ3) is 11.8. The van der Waals surface area contributed by atoms with Gasteiger partial charge in [0.25, 0.3) is 0 Å². The van der Waals surface area contributed by atoms with Crippen LogP contribution >= 0.6 is 33.3 Å². The number of carboxylic acid groups (broad SMARTS) is 1. The van der Waals surface area contributed by atoms with Gasteiger partial charge in [-0.05, 0) is 51.2 Å². The van der Waals surface area contributed by atoms with E-state index in [2.05, 4.69) is 5.32 Å². The Hall–Kier alpha value is -0.990. The number of carbonyl (C=O) groups is 2. The van der Waals surface area contributed by atoms with Gasteiger partial charge in [0.05, 0.1) is 5.92 Å². The van der Waals surface area contributed by atoms with E-state index in [0.29, 0.717) is 17.9 Å². The number of thioether (sulfide) groups is 1. The van der Waals surface area contributed by atoms with Crippen LogP contribution in [0, 0.1) is 5.92 Å². The normalized spacial score (nSPS) is 13.6. The van der Waals surface area contributed by atoms with Crippen molar-refractivity contribution in [1.29, 1.82) is 0 Å². The predicted octanol–water partition coefficient (Wildman–Crippen LogP) is 4.96. The van der Waals surface area contributed by atoms with E-state index < -0.39 is 23.6 Å². The highest BCUT2D eigenvalue weighted by molar-refractivity contribution is 8.76. The first-order valence-corrected chi connectivity index (χ1v) is 13.1. The van der Waals surface area contributed by atoms with Gasteiger partial charge in [0, 0.05) is 17.5 Å². The SMILES string of the molecule is CSCC[C@@H](CSSC[C@@H](Cc1ccccc1)C(=O)O)NC(=O)OC(C)(C)C. The van der Waals surface area contributed by atoms with Crippen LogP contribution in [0.2, 0.25) is 0 Å². The van der Waals surface area contributed by atoms with Crippen molar-refractivity contribution in [1.82, 2.24) is 5.32 Å². The molecule has 1 aromatic rings. The van der Waals surface area contributed by atoms with Crippen molar-refractivity contribution in [2.24, 2.45) is 5.92 Å². The Bertz CT molecular complexity index is 593. The number of amides is 1. The molecule has 0 heterocycles. The van der Waals surface area contributed by atoms with E-state index >= 15 is 0 Å². The molecule has 5 nitrogen and oxygen atoms in total. The maximum Gasteiger partial charge on any atom is 0.407 e.